The van der Waals surface area contributed by atoms with Gasteiger partial charge in [-0.15, -0.1) is 11.3 Å². The van der Waals surface area contributed by atoms with Gasteiger partial charge in [0, 0.05) is 37.5 Å². The van der Waals surface area contributed by atoms with Gasteiger partial charge < -0.3 is 0 Å². The first-order valence-corrected chi connectivity index (χ1v) is 10.3. The maximum atomic E-state index is 12.8. The molecule has 2 aromatic rings. The summed E-state index contributed by atoms with van der Waals surface area (Å²) in [5, 5.41) is 2.71. The molecular weight excluding hydrogens is 417 g/mol. The van der Waals surface area contributed by atoms with E-state index in [9.17, 15) is 26.4 Å². The van der Waals surface area contributed by atoms with Gasteiger partial charge in [-0.2, -0.15) is 30.2 Å². The lowest BCUT2D eigenvalue weighted by Crippen LogP contribution is -2.42. The van der Waals surface area contributed by atoms with E-state index in [2.05, 4.69) is 10.3 Å². The van der Waals surface area contributed by atoms with Crippen LogP contribution in [0.4, 0.5) is 18.3 Å². The van der Waals surface area contributed by atoms with Crippen LogP contribution in [0.25, 0.3) is 0 Å². The van der Waals surface area contributed by atoms with Crippen molar-refractivity contribution in [2.24, 2.45) is 0 Å². The summed E-state index contributed by atoms with van der Waals surface area (Å²) in [7, 11) is -0.681. The number of hydrogen-bond acceptors (Lipinski definition) is 5. The molecule has 0 radical (unpaired) electrons. The minimum Gasteiger partial charge on any atom is -0.298 e. The molecule has 0 unspecified atom stereocenters. The van der Waals surface area contributed by atoms with E-state index in [1.54, 1.807) is 0 Å². The fraction of sp³-hybridized carbons (Fsp3) is 0.375. The number of amides is 1. The van der Waals surface area contributed by atoms with Crippen LogP contribution in [0.3, 0.4) is 0 Å². The van der Waals surface area contributed by atoms with Crippen LogP contribution in [0.15, 0.2) is 24.3 Å². The van der Waals surface area contributed by atoms with Crippen LogP contribution < -0.4 is 5.32 Å². The molecule has 1 aromatic carbocycles. The molecule has 1 aromatic heterocycles. The molecule has 1 aliphatic heterocycles. The average Bonchev–Trinajstić information content (AvgIpc) is 3.02. The van der Waals surface area contributed by atoms with E-state index in [-0.39, 0.29) is 23.8 Å². The average molecular weight is 434 g/mol. The van der Waals surface area contributed by atoms with E-state index in [0.717, 1.165) is 33.8 Å². The number of carbonyl (C=O) groups excluding carboxylic acids is 1. The fourth-order valence-corrected chi connectivity index (χ4v) is 4.84. The van der Waals surface area contributed by atoms with E-state index in [1.807, 2.05) is 0 Å². The van der Waals surface area contributed by atoms with E-state index >= 15 is 0 Å². The molecule has 7 nitrogen and oxygen atoms in total. The van der Waals surface area contributed by atoms with E-state index in [4.69, 9.17) is 0 Å². The number of aromatic nitrogens is 1. The van der Waals surface area contributed by atoms with E-state index in [0.29, 0.717) is 17.0 Å². The number of carbonyl (C=O) groups is 1. The number of nitrogens with zero attached hydrogens (tertiary/aromatic N) is 3. The van der Waals surface area contributed by atoms with Crippen LogP contribution in [0.1, 0.15) is 26.5 Å². The lowest BCUT2D eigenvalue weighted by Gasteiger charge is -2.27. The Labute approximate surface area is 164 Å². The zero-order valence-electron chi connectivity index (χ0n) is 14.9. The first-order chi connectivity index (χ1) is 13.0. The topological polar surface area (TPSA) is 82.6 Å². The maximum Gasteiger partial charge on any atom is 0.416 e. The highest BCUT2D eigenvalue weighted by molar-refractivity contribution is 7.86. The van der Waals surface area contributed by atoms with Crippen LogP contribution >= 0.6 is 11.3 Å². The Balaban J connectivity index is 1.76. The molecule has 0 fully saturated rings. The first-order valence-electron chi connectivity index (χ1n) is 8.13. The normalized spacial score (nSPS) is 15.5. The Morgan fingerprint density at radius 3 is 2.68 bits per heavy atom. The van der Waals surface area contributed by atoms with Crippen LogP contribution in [-0.4, -0.2) is 48.6 Å². The van der Waals surface area contributed by atoms with Crippen molar-refractivity contribution in [3.8, 4) is 0 Å². The number of alkyl halides is 3. The summed E-state index contributed by atoms with van der Waals surface area (Å²) in [5.41, 5.74) is -0.377. The largest absolute Gasteiger partial charge is 0.416 e. The van der Waals surface area contributed by atoms with Crippen LogP contribution in [0, 0.1) is 0 Å². The number of rotatable bonds is 4. The fourth-order valence-electron chi connectivity index (χ4n) is 2.66. The molecule has 12 heteroatoms. The molecule has 2 heterocycles. The molecule has 0 spiro atoms. The van der Waals surface area contributed by atoms with Gasteiger partial charge in [0.15, 0.2) is 5.13 Å². The molecule has 0 saturated carbocycles. The Bertz CT molecular complexity index is 1000. The van der Waals surface area contributed by atoms with Gasteiger partial charge in [0.2, 0.25) is 0 Å². The van der Waals surface area contributed by atoms with Crippen molar-refractivity contribution in [1.29, 1.82) is 0 Å². The van der Waals surface area contributed by atoms with E-state index < -0.39 is 27.9 Å². The predicted molar refractivity (Wildman–Crippen MR) is 98.2 cm³/mol. The van der Waals surface area contributed by atoms with Crippen molar-refractivity contribution in [1.82, 2.24) is 13.6 Å². The van der Waals surface area contributed by atoms with Crippen molar-refractivity contribution < 1.29 is 26.4 Å². The summed E-state index contributed by atoms with van der Waals surface area (Å²) in [4.78, 5) is 17.3. The minimum atomic E-state index is -4.54. The van der Waals surface area contributed by atoms with E-state index in [1.165, 1.54) is 24.5 Å². The standard InChI is InChI=1S/C16H17F3N4O3S2/c1-22(2)28(25,26)23-7-6-12-13(9-23)27-15(20-12)21-14(24)10-4-3-5-11(8-10)16(17,18)19/h3-5,8H,6-7,9H2,1-2H3,(H,20,21,24). The molecule has 1 aliphatic rings. The Kier molecular flexibility index (Phi) is 5.49. The Morgan fingerprint density at radius 2 is 2.04 bits per heavy atom. The van der Waals surface area contributed by atoms with Crippen LogP contribution in [-0.2, 0) is 29.4 Å². The molecule has 0 saturated heterocycles. The second kappa shape index (κ2) is 7.43. The van der Waals surface area contributed by atoms with Gasteiger partial charge in [-0.25, -0.2) is 4.98 Å². The van der Waals surface area contributed by atoms with Gasteiger partial charge in [-0.1, -0.05) is 6.07 Å². The SMILES string of the molecule is CN(C)S(=O)(=O)N1CCc2nc(NC(=O)c3cccc(C(F)(F)F)c3)sc2C1. The molecule has 1 N–H and O–H groups in total. The van der Waals surface area contributed by atoms with Gasteiger partial charge in [-0.3, -0.25) is 10.1 Å². The molecule has 1 amide bonds. The van der Waals surface area contributed by atoms with Gasteiger partial charge in [-0.05, 0) is 18.2 Å². The van der Waals surface area contributed by atoms with Gasteiger partial charge in [0.1, 0.15) is 0 Å². The summed E-state index contributed by atoms with van der Waals surface area (Å²) in [5.74, 6) is -0.713. The second-order valence-electron chi connectivity index (χ2n) is 6.30. The lowest BCUT2D eigenvalue weighted by molar-refractivity contribution is -0.137. The number of halogens is 3. The third kappa shape index (κ3) is 4.19. The highest BCUT2D eigenvalue weighted by Crippen LogP contribution is 2.31. The number of anilines is 1. The predicted octanol–water partition coefficient (Wildman–Crippen LogP) is 2.58. The highest BCUT2D eigenvalue weighted by Gasteiger charge is 2.32. The second-order valence-corrected chi connectivity index (χ2v) is 9.52. The minimum absolute atomic E-state index is 0.132. The lowest BCUT2D eigenvalue weighted by atomic mass is 10.1. The summed E-state index contributed by atoms with van der Waals surface area (Å²) < 4.78 is 65.3. The molecule has 3 rings (SSSR count). The zero-order chi connectivity index (χ0) is 20.7. The number of hydrogen-bond donors (Lipinski definition) is 1. The van der Waals surface area contributed by atoms with Crippen LogP contribution in [0.2, 0.25) is 0 Å². The van der Waals surface area contributed by atoms with Crippen LogP contribution in [0.5, 0.6) is 0 Å². The van der Waals surface area contributed by atoms with Crippen molar-refractivity contribution in [3.63, 3.8) is 0 Å². The number of benzene rings is 1. The first kappa shape index (κ1) is 20.7. The molecule has 0 bridgehead atoms. The smallest absolute Gasteiger partial charge is 0.298 e. The van der Waals surface area contributed by atoms with Gasteiger partial charge in [0.05, 0.1) is 17.8 Å². The number of fused-ring (bicyclic) bond motifs is 1. The third-order valence-corrected chi connectivity index (χ3v) is 7.04. The van der Waals surface area contributed by atoms with Gasteiger partial charge in [0.25, 0.3) is 16.1 Å². The summed E-state index contributed by atoms with van der Waals surface area (Å²) >= 11 is 1.11. The molecule has 0 aliphatic carbocycles. The van der Waals surface area contributed by atoms with Crippen molar-refractivity contribution >= 4 is 32.6 Å². The maximum absolute atomic E-state index is 12.8. The Hall–Kier alpha value is -2.02. The zero-order valence-corrected chi connectivity index (χ0v) is 16.6. The summed E-state index contributed by atoms with van der Waals surface area (Å²) in [6.07, 6.45) is -4.16. The monoisotopic (exact) mass is 434 g/mol. The molecular formula is C16H17F3N4O3S2. The molecule has 0 atom stereocenters. The summed E-state index contributed by atoms with van der Waals surface area (Å²) in [6.45, 7) is 0.394. The molecule has 152 valence electrons. The third-order valence-electron chi connectivity index (χ3n) is 4.16. The number of nitrogens with one attached hydrogen (secondary N) is 1. The van der Waals surface area contributed by atoms with Crippen molar-refractivity contribution in [2.75, 3.05) is 26.0 Å². The quantitative estimate of drug-likeness (QED) is 0.802. The molecule has 28 heavy (non-hydrogen) atoms. The highest BCUT2D eigenvalue weighted by atomic mass is 32.2. The Morgan fingerprint density at radius 1 is 1.32 bits per heavy atom. The van der Waals surface area contributed by atoms with Crippen molar-refractivity contribution in [2.45, 2.75) is 19.1 Å². The van der Waals surface area contributed by atoms with Crippen molar-refractivity contribution in [3.05, 3.63) is 46.0 Å². The number of thiazole rings is 1. The van der Waals surface area contributed by atoms with Gasteiger partial charge >= 0.3 is 6.18 Å². The summed E-state index contributed by atoms with van der Waals surface area (Å²) in [6, 6.07) is 4.10.